The van der Waals surface area contributed by atoms with Gasteiger partial charge in [0.15, 0.2) is 8.30 Å². The van der Waals surface area contributed by atoms with Crippen molar-refractivity contribution in [2.75, 3.05) is 13.2 Å². The van der Waals surface area contributed by atoms with Gasteiger partial charge < -0.3 is 9.32 Å². The van der Waals surface area contributed by atoms with Gasteiger partial charge in [-0.3, -0.25) is 5.09 Å². The summed E-state index contributed by atoms with van der Waals surface area (Å²) in [6.07, 6.45) is 8.97. The predicted molar refractivity (Wildman–Crippen MR) is 63.8 cm³/mol. The molecule has 0 fully saturated rings. The molecule has 0 radical (unpaired) electrons. The monoisotopic (exact) mass is 245 g/mol. The maximum atomic E-state index is 10.1. The summed E-state index contributed by atoms with van der Waals surface area (Å²) in [6.45, 7) is 2.24. The molecule has 0 aromatic carbocycles. The zero-order valence-electron chi connectivity index (χ0n) is 8.44. The predicted octanol–water partition coefficient (Wildman–Crippen LogP) is 2.70. The number of halogens is 1. The lowest BCUT2D eigenvalue weighted by Gasteiger charge is -2.15. The number of carbonyl (C=O) groups excluding carboxylic acids is 1. The van der Waals surface area contributed by atoms with Gasteiger partial charge in [0.05, 0.1) is 6.54 Å². The minimum Gasteiger partial charge on any atom is -0.462 e. The molecule has 0 heterocycles. The lowest BCUT2D eigenvalue weighted by atomic mass is 10.3. The van der Waals surface area contributed by atoms with Crippen LogP contribution < -0.4 is 5.09 Å². The Bertz CT molecular complexity index is 313. The van der Waals surface area contributed by atoms with E-state index in [1.165, 1.54) is 0 Å². The zero-order valence-corrected chi connectivity index (χ0v) is 10.1. The van der Waals surface area contributed by atoms with Gasteiger partial charge in [0, 0.05) is 18.1 Å². The molecule has 1 rings (SSSR count). The zero-order chi connectivity index (χ0) is 11.1. The third-order valence-electron chi connectivity index (χ3n) is 1.68. The molecule has 0 saturated carbocycles. The maximum absolute atomic E-state index is 10.1. The van der Waals surface area contributed by atoms with Crippen LogP contribution in [0.25, 0.3) is 0 Å². The Kier molecular flexibility index (Phi) is 5.62. The van der Waals surface area contributed by atoms with Gasteiger partial charge >= 0.3 is 0 Å². The molecule has 15 heavy (non-hydrogen) atoms. The third-order valence-corrected chi connectivity index (χ3v) is 3.06. The summed E-state index contributed by atoms with van der Waals surface area (Å²) in [5.41, 5.74) is 0. The summed E-state index contributed by atoms with van der Waals surface area (Å²) in [5, 5.41) is 3.66. The van der Waals surface area contributed by atoms with E-state index in [1.807, 2.05) is 24.9 Å². The molecule has 82 valence electrons. The fourth-order valence-electron chi connectivity index (χ4n) is 1.03. The fourth-order valence-corrected chi connectivity index (χ4v) is 2.06. The summed E-state index contributed by atoms with van der Waals surface area (Å²) in [6, 6.07) is 0. The molecule has 0 aromatic rings. The second-order valence-electron chi connectivity index (χ2n) is 2.91. The van der Waals surface area contributed by atoms with Crippen LogP contribution >= 0.6 is 19.9 Å². The second kappa shape index (κ2) is 6.78. The summed E-state index contributed by atoms with van der Waals surface area (Å²) < 4.78 is 5.62. The first-order chi connectivity index (χ1) is 7.22. The van der Waals surface area contributed by atoms with E-state index in [-0.39, 0.29) is 0 Å². The Morgan fingerprint density at radius 1 is 1.67 bits per heavy atom. The second-order valence-corrected chi connectivity index (χ2v) is 4.84. The van der Waals surface area contributed by atoms with E-state index in [1.54, 1.807) is 6.08 Å². The van der Waals surface area contributed by atoms with Crippen molar-refractivity contribution in [1.82, 2.24) is 5.09 Å². The SMILES string of the molecule is CP(NCC=O)OC1=CC=C(Cl)C=CC1. The molecule has 3 nitrogen and oxygen atoms in total. The third kappa shape index (κ3) is 5.12. The van der Waals surface area contributed by atoms with Crippen molar-refractivity contribution in [1.29, 1.82) is 0 Å². The van der Waals surface area contributed by atoms with E-state index >= 15 is 0 Å². The van der Waals surface area contributed by atoms with Crippen LogP contribution in [0.2, 0.25) is 0 Å². The molecule has 0 aliphatic heterocycles. The van der Waals surface area contributed by atoms with Gasteiger partial charge in [-0.15, -0.1) is 0 Å². The molecule has 1 unspecified atom stereocenters. The van der Waals surface area contributed by atoms with Gasteiger partial charge in [0.25, 0.3) is 0 Å². The molecule has 1 atom stereocenters. The van der Waals surface area contributed by atoms with Crippen molar-refractivity contribution in [3.05, 3.63) is 35.1 Å². The summed E-state index contributed by atoms with van der Waals surface area (Å²) >= 11 is 5.82. The maximum Gasteiger partial charge on any atom is 0.157 e. The first-order valence-corrected chi connectivity index (χ1v) is 6.62. The highest BCUT2D eigenvalue weighted by Gasteiger charge is 2.05. The molecule has 0 amide bonds. The van der Waals surface area contributed by atoms with Gasteiger partial charge in [0.1, 0.15) is 12.0 Å². The van der Waals surface area contributed by atoms with E-state index in [2.05, 4.69) is 5.09 Å². The van der Waals surface area contributed by atoms with Crippen LogP contribution in [0.1, 0.15) is 6.42 Å². The number of aldehydes is 1. The van der Waals surface area contributed by atoms with E-state index in [0.717, 1.165) is 18.5 Å². The highest BCUT2D eigenvalue weighted by molar-refractivity contribution is 7.49. The van der Waals surface area contributed by atoms with E-state index in [9.17, 15) is 4.79 Å². The van der Waals surface area contributed by atoms with Crippen molar-refractivity contribution < 1.29 is 9.32 Å². The molecular formula is C10H13ClNO2P. The molecule has 0 saturated heterocycles. The average molecular weight is 246 g/mol. The van der Waals surface area contributed by atoms with Crippen molar-refractivity contribution in [2.24, 2.45) is 0 Å². The quantitative estimate of drug-likeness (QED) is 0.598. The van der Waals surface area contributed by atoms with E-state index < -0.39 is 8.30 Å². The number of hydrogen-bond acceptors (Lipinski definition) is 3. The summed E-state index contributed by atoms with van der Waals surface area (Å²) in [4.78, 5) is 10.1. The van der Waals surface area contributed by atoms with Crippen LogP contribution in [0.4, 0.5) is 0 Å². The lowest BCUT2D eigenvalue weighted by Crippen LogP contribution is -2.10. The van der Waals surface area contributed by atoms with Gasteiger partial charge in [-0.2, -0.15) is 0 Å². The van der Waals surface area contributed by atoms with Crippen LogP contribution in [0.3, 0.4) is 0 Å². The molecule has 5 heteroatoms. The normalized spacial score (nSPS) is 17.5. The topological polar surface area (TPSA) is 38.3 Å². The van der Waals surface area contributed by atoms with E-state index in [4.69, 9.17) is 16.1 Å². The average Bonchev–Trinajstić information content (AvgIpc) is 2.41. The van der Waals surface area contributed by atoms with Gasteiger partial charge in [-0.25, -0.2) is 0 Å². The van der Waals surface area contributed by atoms with Crippen molar-refractivity contribution in [3.8, 4) is 0 Å². The Balaban J connectivity index is 2.44. The van der Waals surface area contributed by atoms with Crippen LogP contribution in [-0.4, -0.2) is 19.5 Å². The van der Waals surface area contributed by atoms with Crippen molar-refractivity contribution in [3.63, 3.8) is 0 Å². The van der Waals surface area contributed by atoms with E-state index in [0.29, 0.717) is 11.6 Å². The standard InChI is InChI=1S/C10H13ClNO2P/c1-15(12-7-8-13)14-10-4-2-3-9(11)5-6-10/h2-3,5-6,8,12H,4,7H2,1H3. The Morgan fingerprint density at radius 2 is 2.47 bits per heavy atom. The van der Waals surface area contributed by atoms with Crippen LogP contribution in [0, 0.1) is 0 Å². The van der Waals surface area contributed by atoms with Gasteiger partial charge in [-0.05, 0) is 18.2 Å². The fraction of sp³-hybridized carbons (Fsp3) is 0.300. The molecule has 0 spiro atoms. The van der Waals surface area contributed by atoms with Crippen molar-refractivity contribution >= 4 is 26.2 Å². The summed E-state index contributed by atoms with van der Waals surface area (Å²) in [5.74, 6) is 0.855. The minimum atomic E-state index is -0.791. The minimum absolute atomic E-state index is 0.321. The number of allylic oxidation sites excluding steroid dienone is 5. The van der Waals surface area contributed by atoms with Crippen LogP contribution in [0.5, 0.6) is 0 Å². The largest absolute Gasteiger partial charge is 0.462 e. The first kappa shape index (κ1) is 12.4. The molecule has 0 aromatic heterocycles. The Morgan fingerprint density at radius 3 is 3.20 bits per heavy atom. The van der Waals surface area contributed by atoms with Crippen LogP contribution in [0.15, 0.2) is 35.1 Å². The smallest absolute Gasteiger partial charge is 0.157 e. The number of rotatable bonds is 5. The Hall–Kier alpha value is -0.630. The van der Waals surface area contributed by atoms with Gasteiger partial charge in [0.2, 0.25) is 0 Å². The summed E-state index contributed by atoms with van der Waals surface area (Å²) in [7, 11) is -0.791. The highest BCUT2D eigenvalue weighted by Crippen LogP contribution is 2.32. The lowest BCUT2D eigenvalue weighted by molar-refractivity contribution is -0.106. The Labute approximate surface area is 95.7 Å². The first-order valence-electron chi connectivity index (χ1n) is 4.54. The molecular weight excluding hydrogens is 233 g/mol. The number of hydrogen-bond donors (Lipinski definition) is 1. The van der Waals surface area contributed by atoms with Gasteiger partial charge in [-0.1, -0.05) is 17.7 Å². The van der Waals surface area contributed by atoms with Crippen molar-refractivity contribution in [2.45, 2.75) is 6.42 Å². The van der Waals surface area contributed by atoms with Crippen LogP contribution in [-0.2, 0) is 9.32 Å². The molecule has 1 aliphatic carbocycles. The molecule has 0 bridgehead atoms. The number of carbonyl (C=O) groups is 1. The molecule has 1 aliphatic rings. The number of nitrogens with one attached hydrogen (secondary N) is 1. The highest BCUT2D eigenvalue weighted by atomic mass is 35.5. The molecule has 1 N–H and O–H groups in total.